The highest BCUT2D eigenvalue weighted by Crippen LogP contribution is 2.26. The van der Waals surface area contributed by atoms with E-state index in [9.17, 15) is 4.79 Å². The van der Waals surface area contributed by atoms with Gasteiger partial charge in [-0.05, 0) is 38.1 Å². The highest BCUT2D eigenvalue weighted by molar-refractivity contribution is 9.10. The van der Waals surface area contributed by atoms with E-state index in [1.807, 2.05) is 32.0 Å². The second kappa shape index (κ2) is 6.09. The van der Waals surface area contributed by atoms with Crippen LogP contribution in [0.5, 0.6) is 0 Å². The van der Waals surface area contributed by atoms with E-state index in [1.165, 1.54) is 0 Å². The number of nitrogens with zero attached hydrogens (tertiary/aromatic N) is 2. The number of halogens is 1. The molecule has 20 heavy (non-hydrogen) atoms. The molecule has 0 aliphatic heterocycles. The second-order valence-electron chi connectivity index (χ2n) is 4.47. The number of benzene rings is 1. The molecule has 6 heteroatoms. The molecule has 0 fully saturated rings. The molecule has 0 saturated heterocycles. The lowest BCUT2D eigenvalue weighted by atomic mass is 10.2. The van der Waals surface area contributed by atoms with Gasteiger partial charge in [-0.25, -0.2) is 0 Å². The zero-order valence-electron chi connectivity index (χ0n) is 11.7. The predicted molar refractivity (Wildman–Crippen MR) is 84.2 cm³/mol. The van der Waals surface area contributed by atoms with Crippen molar-refractivity contribution in [3.05, 3.63) is 40.1 Å². The van der Waals surface area contributed by atoms with E-state index in [4.69, 9.17) is 0 Å². The number of carbonyl (C=O) groups is 1. The summed E-state index contributed by atoms with van der Waals surface area (Å²) in [4.78, 5) is 12.3. The highest BCUT2D eigenvalue weighted by Gasteiger charge is 2.13. The van der Waals surface area contributed by atoms with Gasteiger partial charge in [-0.1, -0.05) is 15.9 Å². The molecule has 1 amide bonds. The molecule has 0 saturated carbocycles. The van der Waals surface area contributed by atoms with Crippen molar-refractivity contribution in [3.8, 4) is 0 Å². The molecule has 0 radical (unpaired) electrons. The monoisotopic (exact) mass is 336 g/mol. The van der Waals surface area contributed by atoms with Crippen LogP contribution in [-0.2, 0) is 7.05 Å². The third-order valence-electron chi connectivity index (χ3n) is 2.83. The number of hydrogen-bond donors (Lipinski definition) is 2. The second-order valence-corrected chi connectivity index (χ2v) is 5.38. The number of aryl methyl sites for hydroxylation is 2. The van der Waals surface area contributed by atoms with E-state index >= 15 is 0 Å². The summed E-state index contributed by atoms with van der Waals surface area (Å²) in [6.45, 7) is 4.66. The molecule has 1 aromatic heterocycles. The van der Waals surface area contributed by atoms with Gasteiger partial charge in [-0.3, -0.25) is 9.48 Å². The largest absolute Gasteiger partial charge is 0.384 e. The Balaban J connectivity index is 2.27. The van der Waals surface area contributed by atoms with E-state index in [2.05, 4.69) is 31.7 Å². The van der Waals surface area contributed by atoms with E-state index in [0.717, 1.165) is 28.1 Å². The van der Waals surface area contributed by atoms with Crippen LogP contribution in [0.1, 0.15) is 23.1 Å². The van der Waals surface area contributed by atoms with Gasteiger partial charge in [-0.2, -0.15) is 5.10 Å². The first-order valence-electron chi connectivity index (χ1n) is 6.36. The molecule has 0 spiro atoms. The van der Waals surface area contributed by atoms with Crippen LogP contribution in [0.25, 0.3) is 0 Å². The normalized spacial score (nSPS) is 10.4. The van der Waals surface area contributed by atoms with Gasteiger partial charge >= 0.3 is 0 Å². The third-order valence-corrected chi connectivity index (χ3v) is 3.32. The summed E-state index contributed by atoms with van der Waals surface area (Å²) in [5, 5.41) is 10.3. The number of hydrogen-bond acceptors (Lipinski definition) is 3. The standard InChI is InChI=1S/C14H17BrN4O/c1-4-16-11-6-5-10(15)8-12(11)17-14(20)13-7-9(2)18-19(13)3/h5-8,16H,4H2,1-3H3,(H,17,20). The Hall–Kier alpha value is -1.82. The van der Waals surface area contributed by atoms with Crippen molar-refractivity contribution in [1.82, 2.24) is 9.78 Å². The first-order valence-corrected chi connectivity index (χ1v) is 7.16. The number of amides is 1. The van der Waals surface area contributed by atoms with Crippen LogP contribution < -0.4 is 10.6 Å². The molecule has 5 nitrogen and oxygen atoms in total. The zero-order chi connectivity index (χ0) is 14.7. The van der Waals surface area contributed by atoms with E-state index in [0.29, 0.717) is 5.69 Å². The van der Waals surface area contributed by atoms with Gasteiger partial charge in [0.15, 0.2) is 0 Å². The fraction of sp³-hybridized carbons (Fsp3) is 0.286. The van der Waals surface area contributed by atoms with Gasteiger partial charge in [0.05, 0.1) is 17.1 Å². The van der Waals surface area contributed by atoms with Crippen molar-refractivity contribution in [2.45, 2.75) is 13.8 Å². The molecule has 0 aliphatic rings. The summed E-state index contributed by atoms with van der Waals surface area (Å²) >= 11 is 3.42. The Bertz CT molecular complexity index is 636. The van der Waals surface area contributed by atoms with Gasteiger partial charge in [0, 0.05) is 18.1 Å². The summed E-state index contributed by atoms with van der Waals surface area (Å²) in [7, 11) is 1.76. The van der Waals surface area contributed by atoms with Crippen LogP contribution in [0.3, 0.4) is 0 Å². The van der Waals surface area contributed by atoms with Crippen LogP contribution >= 0.6 is 15.9 Å². The van der Waals surface area contributed by atoms with Crippen molar-refractivity contribution in [2.75, 3.05) is 17.2 Å². The molecule has 0 aliphatic carbocycles. The van der Waals surface area contributed by atoms with E-state index < -0.39 is 0 Å². The summed E-state index contributed by atoms with van der Waals surface area (Å²) in [5.41, 5.74) is 2.98. The predicted octanol–water partition coefficient (Wildman–Crippen LogP) is 3.18. The van der Waals surface area contributed by atoms with Crippen molar-refractivity contribution < 1.29 is 4.79 Å². The van der Waals surface area contributed by atoms with Crippen molar-refractivity contribution in [3.63, 3.8) is 0 Å². The lowest BCUT2D eigenvalue weighted by Gasteiger charge is -2.12. The number of aromatic nitrogens is 2. The van der Waals surface area contributed by atoms with Gasteiger partial charge in [-0.15, -0.1) is 0 Å². The summed E-state index contributed by atoms with van der Waals surface area (Å²) in [6, 6.07) is 7.50. The third kappa shape index (κ3) is 3.19. The van der Waals surface area contributed by atoms with Crippen LogP contribution in [-0.4, -0.2) is 22.2 Å². The summed E-state index contributed by atoms with van der Waals surface area (Å²) in [5.74, 6) is -0.176. The van der Waals surface area contributed by atoms with Crippen LogP contribution in [0.2, 0.25) is 0 Å². The van der Waals surface area contributed by atoms with Crippen molar-refractivity contribution in [2.24, 2.45) is 7.05 Å². The molecular weight excluding hydrogens is 320 g/mol. The Morgan fingerprint density at radius 2 is 2.10 bits per heavy atom. The molecule has 2 N–H and O–H groups in total. The quantitative estimate of drug-likeness (QED) is 0.901. The smallest absolute Gasteiger partial charge is 0.273 e. The highest BCUT2D eigenvalue weighted by atomic mass is 79.9. The Morgan fingerprint density at radius 1 is 1.35 bits per heavy atom. The molecule has 0 bridgehead atoms. The molecule has 0 atom stereocenters. The maximum atomic E-state index is 12.3. The van der Waals surface area contributed by atoms with Gasteiger partial charge in [0.2, 0.25) is 0 Å². The van der Waals surface area contributed by atoms with Crippen LogP contribution in [0.15, 0.2) is 28.7 Å². The lowest BCUT2D eigenvalue weighted by Crippen LogP contribution is -2.17. The summed E-state index contributed by atoms with van der Waals surface area (Å²) in [6.07, 6.45) is 0. The zero-order valence-corrected chi connectivity index (χ0v) is 13.3. The van der Waals surface area contributed by atoms with Crippen LogP contribution in [0, 0.1) is 6.92 Å². The Morgan fingerprint density at radius 3 is 2.70 bits per heavy atom. The Kier molecular flexibility index (Phi) is 4.44. The molecule has 2 aromatic rings. The molecule has 1 heterocycles. The van der Waals surface area contributed by atoms with Gasteiger partial charge in [0.25, 0.3) is 5.91 Å². The maximum Gasteiger partial charge on any atom is 0.273 e. The average molecular weight is 337 g/mol. The average Bonchev–Trinajstić information content (AvgIpc) is 2.72. The van der Waals surface area contributed by atoms with Gasteiger partial charge < -0.3 is 10.6 Å². The summed E-state index contributed by atoms with van der Waals surface area (Å²) < 4.78 is 2.49. The number of rotatable bonds is 4. The fourth-order valence-corrected chi connectivity index (χ4v) is 2.34. The molecule has 106 valence electrons. The first kappa shape index (κ1) is 14.6. The van der Waals surface area contributed by atoms with E-state index in [-0.39, 0.29) is 5.91 Å². The molecule has 0 unspecified atom stereocenters. The number of anilines is 2. The lowest BCUT2D eigenvalue weighted by molar-refractivity contribution is 0.101. The van der Waals surface area contributed by atoms with Gasteiger partial charge in [0.1, 0.15) is 5.69 Å². The SMILES string of the molecule is CCNc1ccc(Br)cc1NC(=O)c1cc(C)nn1C. The molecular formula is C14H17BrN4O. The molecule has 2 rings (SSSR count). The molecule has 1 aromatic carbocycles. The minimum absolute atomic E-state index is 0.176. The number of carbonyl (C=O) groups excluding carboxylic acids is 1. The van der Waals surface area contributed by atoms with Crippen LogP contribution in [0.4, 0.5) is 11.4 Å². The number of nitrogens with one attached hydrogen (secondary N) is 2. The minimum Gasteiger partial charge on any atom is -0.384 e. The maximum absolute atomic E-state index is 12.3. The van der Waals surface area contributed by atoms with E-state index in [1.54, 1.807) is 17.8 Å². The Labute approximate surface area is 126 Å². The topological polar surface area (TPSA) is 58.9 Å². The van der Waals surface area contributed by atoms with Crippen molar-refractivity contribution in [1.29, 1.82) is 0 Å². The minimum atomic E-state index is -0.176. The van der Waals surface area contributed by atoms with Crippen molar-refractivity contribution >= 4 is 33.2 Å². The first-order chi connectivity index (χ1) is 9.51. The fourth-order valence-electron chi connectivity index (χ4n) is 1.97.